The highest BCUT2D eigenvalue weighted by molar-refractivity contribution is 4.60. The number of quaternary nitrogens is 1. The SMILES string of the molecule is CCC[N+]1(CCC(C)CCC(C)CC)CCCCC1. The van der Waals surface area contributed by atoms with E-state index in [4.69, 9.17) is 0 Å². The molecule has 1 aliphatic heterocycles. The predicted octanol–water partition coefficient (Wildman–Crippen LogP) is 5.25. The van der Waals surface area contributed by atoms with Crippen molar-refractivity contribution in [1.29, 1.82) is 0 Å². The molecule has 2 unspecified atom stereocenters. The second-order valence-electron chi connectivity index (χ2n) is 7.28. The highest BCUT2D eigenvalue weighted by Gasteiger charge is 2.28. The Morgan fingerprint density at radius 1 is 0.789 bits per heavy atom. The summed E-state index contributed by atoms with van der Waals surface area (Å²) in [6.07, 6.45) is 11.5. The quantitative estimate of drug-likeness (QED) is 0.501. The van der Waals surface area contributed by atoms with Crippen LogP contribution in [0.15, 0.2) is 0 Å². The third kappa shape index (κ3) is 6.29. The molecule has 0 radical (unpaired) electrons. The first-order valence-electron chi connectivity index (χ1n) is 8.97. The van der Waals surface area contributed by atoms with Crippen molar-refractivity contribution in [2.24, 2.45) is 11.8 Å². The molecule has 19 heavy (non-hydrogen) atoms. The van der Waals surface area contributed by atoms with Crippen LogP contribution in [-0.4, -0.2) is 30.7 Å². The zero-order chi connectivity index (χ0) is 14.1. The second kappa shape index (κ2) is 9.00. The minimum Gasteiger partial charge on any atom is -0.324 e. The van der Waals surface area contributed by atoms with Gasteiger partial charge in [-0.15, -0.1) is 0 Å². The summed E-state index contributed by atoms with van der Waals surface area (Å²) >= 11 is 0. The van der Waals surface area contributed by atoms with Gasteiger partial charge in [0.1, 0.15) is 0 Å². The molecule has 0 aromatic heterocycles. The Morgan fingerprint density at radius 2 is 1.42 bits per heavy atom. The molecule has 0 aromatic carbocycles. The average molecular weight is 269 g/mol. The van der Waals surface area contributed by atoms with Gasteiger partial charge >= 0.3 is 0 Å². The lowest BCUT2D eigenvalue weighted by Gasteiger charge is -2.42. The summed E-state index contributed by atoms with van der Waals surface area (Å²) in [5.41, 5.74) is 0. The van der Waals surface area contributed by atoms with E-state index in [9.17, 15) is 0 Å². The van der Waals surface area contributed by atoms with Crippen LogP contribution in [0.25, 0.3) is 0 Å². The number of piperidine rings is 1. The fourth-order valence-corrected chi connectivity index (χ4v) is 3.63. The maximum atomic E-state index is 2.48. The monoisotopic (exact) mass is 268 g/mol. The highest BCUT2D eigenvalue weighted by atomic mass is 15.3. The Labute approximate surface area is 122 Å². The average Bonchev–Trinajstić information content (AvgIpc) is 2.44. The molecule has 1 fully saturated rings. The summed E-state index contributed by atoms with van der Waals surface area (Å²) in [5.74, 6) is 1.86. The largest absolute Gasteiger partial charge is 0.324 e. The van der Waals surface area contributed by atoms with E-state index in [1.807, 2.05) is 0 Å². The van der Waals surface area contributed by atoms with E-state index in [0.29, 0.717) is 0 Å². The number of hydrogen-bond donors (Lipinski definition) is 0. The molecule has 0 aromatic rings. The van der Waals surface area contributed by atoms with Crippen LogP contribution in [0.2, 0.25) is 0 Å². The topological polar surface area (TPSA) is 0 Å². The van der Waals surface area contributed by atoms with E-state index in [1.165, 1.54) is 82.0 Å². The molecule has 0 saturated carbocycles. The molecule has 1 nitrogen and oxygen atoms in total. The summed E-state index contributed by atoms with van der Waals surface area (Å²) in [7, 11) is 0. The zero-order valence-electron chi connectivity index (χ0n) is 14.1. The minimum atomic E-state index is 0.927. The van der Waals surface area contributed by atoms with E-state index >= 15 is 0 Å². The van der Waals surface area contributed by atoms with E-state index in [0.717, 1.165) is 11.8 Å². The number of nitrogens with zero attached hydrogens (tertiary/aromatic N) is 1. The third-order valence-corrected chi connectivity index (χ3v) is 5.41. The predicted molar refractivity (Wildman–Crippen MR) is 86.3 cm³/mol. The first-order chi connectivity index (χ1) is 9.12. The van der Waals surface area contributed by atoms with Gasteiger partial charge in [-0.1, -0.05) is 47.0 Å². The van der Waals surface area contributed by atoms with Crippen molar-refractivity contribution < 1.29 is 4.48 Å². The van der Waals surface area contributed by atoms with Crippen molar-refractivity contribution in [2.45, 2.75) is 79.1 Å². The van der Waals surface area contributed by atoms with Gasteiger partial charge in [0.2, 0.25) is 0 Å². The maximum absolute atomic E-state index is 2.48. The molecule has 0 spiro atoms. The second-order valence-corrected chi connectivity index (χ2v) is 7.28. The molecule has 0 bridgehead atoms. The van der Waals surface area contributed by atoms with Gasteiger partial charge in [-0.25, -0.2) is 0 Å². The molecule has 1 saturated heterocycles. The molecule has 1 heteroatoms. The van der Waals surface area contributed by atoms with Gasteiger partial charge in [0.05, 0.1) is 26.2 Å². The summed E-state index contributed by atoms with van der Waals surface area (Å²) < 4.78 is 1.45. The smallest absolute Gasteiger partial charge is 0.0789 e. The van der Waals surface area contributed by atoms with Gasteiger partial charge in [-0.2, -0.15) is 0 Å². The molecular weight excluding hydrogens is 230 g/mol. The first kappa shape index (κ1) is 17.0. The summed E-state index contributed by atoms with van der Waals surface area (Å²) in [5, 5.41) is 0. The standard InChI is InChI=1S/C18H38N/c1-5-13-19(14-8-7-9-15-19)16-12-18(4)11-10-17(3)6-2/h17-18H,5-16H2,1-4H3/q+1. The lowest BCUT2D eigenvalue weighted by Crippen LogP contribution is -2.52. The molecule has 2 atom stereocenters. The molecule has 0 aliphatic carbocycles. The molecule has 1 heterocycles. The lowest BCUT2D eigenvalue weighted by atomic mass is 9.93. The third-order valence-electron chi connectivity index (χ3n) is 5.41. The maximum Gasteiger partial charge on any atom is 0.0789 e. The van der Waals surface area contributed by atoms with E-state index in [1.54, 1.807) is 0 Å². The highest BCUT2D eigenvalue weighted by Crippen LogP contribution is 2.24. The van der Waals surface area contributed by atoms with Crippen LogP contribution in [0.5, 0.6) is 0 Å². The van der Waals surface area contributed by atoms with E-state index in [2.05, 4.69) is 27.7 Å². The molecule has 114 valence electrons. The number of rotatable bonds is 9. The lowest BCUT2D eigenvalue weighted by molar-refractivity contribution is -0.933. The number of hydrogen-bond acceptors (Lipinski definition) is 0. The minimum absolute atomic E-state index is 0.927. The summed E-state index contributed by atoms with van der Waals surface area (Å²) in [6.45, 7) is 15.4. The van der Waals surface area contributed by atoms with Crippen molar-refractivity contribution in [3.8, 4) is 0 Å². The van der Waals surface area contributed by atoms with Crippen LogP contribution in [-0.2, 0) is 0 Å². The van der Waals surface area contributed by atoms with E-state index < -0.39 is 0 Å². The van der Waals surface area contributed by atoms with Crippen LogP contribution in [0.3, 0.4) is 0 Å². The Hall–Kier alpha value is -0.0400. The Balaban J connectivity index is 2.30. The molecule has 1 aliphatic rings. The number of likely N-dealkylation sites (tertiary alicyclic amines) is 1. The van der Waals surface area contributed by atoms with Crippen molar-refractivity contribution in [2.75, 3.05) is 26.2 Å². The fraction of sp³-hybridized carbons (Fsp3) is 1.00. The fourth-order valence-electron chi connectivity index (χ4n) is 3.63. The van der Waals surface area contributed by atoms with Crippen LogP contribution < -0.4 is 0 Å². The Morgan fingerprint density at radius 3 is 2.00 bits per heavy atom. The van der Waals surface area contributed by atoms with Crippen molar-refractivity contribution in [1.82, 2.24) is 0 Å². The Kier molecular flexibility index (Phi) is 8.06. The molecule has 0 amide bonds. The normalized spacial score (nSPS) is 22.1. The summed E-state index contributed by atoms with van der Waals surface area (Å²) in [6, 6.07) is 0. The van der Waals surface area contributed by atoms with Gasteiger partial charge < -0.3 is 4.48 Å². The zero-order valence-corrected chi connectivity index (χ0v) is 14.1. The van der Waals surface area contributed by atoms with Gasteiger partial charge in [0.15, 0.2) is 0 Å². The van der Waals surface area contributed by atoms with Gasteiger partial charge in [0, 0.05) is 0 Å². The van der Waals surface area contributed by atoms with Crippen molar-refractivity contribution >= 4 is 0 Å². The van der Waals surface area contributed by atoms with Gasteiger partial charge in [0.25, 0.3) is 0 Å². The van der Waals surface area contributed by atoms with E-state index in [-0.39, 0.29) is 0 Å². The van der Waals surface area contributed by atoms with Crippen LogP contribution in [0.4, 0.5) is 0 Å². The van der Waals surface area contributed by atoms with Crippen molar-refractivity contribution in [3.63, 3.8) is 0 Å². The van der Waals surface area contributed by atoms with Gasteiger partial charge in [-0.05, 0) is 43.9 Å². The van der Waals surface area contributed by atoms with Crippen LogP contribution in [0.1, 0.15) is 79.1 Å². The molecule has 1 rings (SSSR count). The molecule has 0 N–H and O–H groups in total. The summed E-state index contributed by atoms with van der Waals surface area (Å²) in [4.78, 5) is 0. The van der Waals surface area contributed by atoms with Crippen LogP contribution in [0, 0.1) is 11.8 Å². The van der Waals surface area contributed by atoms with Gasteiger partial charge in [-0.3, -0.25) is 0 Å². The Bertz CT molecular complexity index is 212. The molecular formula is C18H38N+. The first-order valence-corrected chi connectivity index (χ1v) is 8.97. The van der Waals surface area contributed by atoms with Crippen LogP contribution >= 0.6 is 0 Å². The van der Waals surface area contributed by atoms with Crippen molar-refractivity contribution in [3.05, 3.63) is 0 Å².